The van der Waals surface area contributed by atoms with Crippen LogP contribution in [0.5, 0.6) is 11.5 Å². The summed E-state index contributed by atoms with van der Waals surface area (Å²) in [6, 6.07) is 21.9. The number of benzene rings is 4. The van der Waals surface area contributed by atoms with Crippen molar-refractivity contribution in [3.8, 4) is 21.5 Å². The lowest BCUT2D eigenvalue weighted by molar-refractivity contribution is -0.138. The lowest BCUT2D eigenvalue weighted by Crippen LogP contribution is -2.54. The highest BCUT2D eigenvalue weighted by Crippen LogP contribution is 2.43. The number of halogens is 2. The first-order chi connectivity index (χ1) is 53.4. The number of ether oxygens (including phenoxy) is 2. The minimum Gasteiger partial charge on any atom is -0.493 e. The van der Waals surface area contributed by atoms with Gasteiger partial charge in [-0.05, 0) is 133 Å². The summed E-state index contributed by atoms with van der Waals surface area (Å²) in [6.45, 7) is 15.2. The Hall–Kier alpha value is -10.2. The molecule has 4 aromatic heterocycles. The van der Waals surface area contributed by atoms with E-state index >= 15 is 0 Å². The number of carboxylic acid groups (broad SMARTS) is 1. The van der Waals surface area contributed by atoms with Gasteiger partial charge in [-0.2, -0.15) is 0 Å². The quantitative estimate of drug-likeness (QED) is 0.0303. The number of unbranched alkanes of at least 4 members (excludes halogenated alkanes) is 12. The summed E-state index contributed by atoms with van der Waals surface area (Å²) in [6.07, 6.45) is 15.6. The van der Waals surface area contributed by atoms with Gasteiger partial charge >= 0.3 is 5.97 Å². The zero-order valence-electron chi connectivity index (χ0n) is 63.0. The van der Waals surface area contributed by atoms with Gasteiger partial charge in [0, 0.05) is 67.7 Å². The smallest absolute Gasteiger partial charge is 0.306 e. The highest BCUT2D eigenvalue weighted by molar-refractivity contribution is 7.15. The molecule has 4 aromatic carbocycles. The molecule has 8 aromatic rings. The zero-order chi connectivity index (χ0) is 78.9. The summed E-state index contributed by atoms with van der Waals surface area (Å²) >= 11 is 15.6. The molecule has 580 valence electrons. The Labute approximate surface area is 660 Å². The number of fused-ring (bicyclic) bond motifs is 8. The van der Waals surface area contributed by atoms with Crippen molar-refractivity contribution in [1.29, 1.82) is 0 Å². The molecular formula is C82H88Cl2N12O13S2. The van der Waals surface area contributed by atoms with E-state index in [9.17, 15) is 53.1 Å². The average Bonchev–Trinajstić information content (AvgIpc) is 1.61. The van der Waals surface area contributed by atoms with E-state index in [1.54, 1.807) is 59.1 Å². The Balaban J connectivity index is 0.000000171. The van der Waals surface area contributed by atoms with Crippen LogP contribution in [0.15, 0.2) is 94.9 Å². The maximum Gasteiger partial charge on any atom is 0.306 e. The molecule has 14 rings (SSSR count). The molecule has 0 radical (unpaired) electrons. The normalized spacial score (nSPS) is 17.5. The van der Waals surface area contributed by atoms with Crippen molar-refractivity contribution >= 4 is 116 Å². The molecule has 29 heteroatoms. The Morgan fingerprint density at radius 1 is 0.495 bits per heavy atom. The standard InChI is InChI=1S/C41H43ClN6O6S.C22H28N2O5.C19H17ClN4O2S/c1-23-24(2)55-41-34(23)36(26-15-17-27(42)18-16-26)43-30(37-46-45-25(3)47(37)41)22-28(49)12-9-7-5-4-6-8-10-21-54-32-14-11-13-29-35(32)40(53)48(39(29)52)31-19-20-33(50)44-38(31)51;1-2-3-4-5-6-7-8-14-29-17-11-9-10-15-19(17)22(28)24(21(15)27)16-12-13-18(25)23-20(16)26;1-9-10(2)27-19-16(9)17(12-4-6-13(20)7-5-12)21-14(8-15(25)26)18-23-22-11(3)24(18)19/h11,13-18,30-31H,4-10,12,19-22H2,1-3H3,(H,44,50,51);9-11,16H,2-8,12-14H2,1H3,(H,23,25,26);4-7,14H,8H2,1-3H3,(H,25,26)/t30-,31?;;14-/m0.0/s1. The van der Waals surface area contributed by atoms with Crippen LogP contribution in [0.25, 0.3) is 10.0 Å². The lowest BCUT2D eigenvalue weighted by Gasteiger charge is -2.27. The van der Waals surface area contributed by atoms with E-state index in [-0.39, 0.29) is 72.5 Å². The predicted octanol–water partition coefficient (Wildman–Crippen LogP) is 14.9. The van der Waals surface area contributed by atoms with Crippen LogP contribution in [-0.2, 0) is 28.8 Å². The van der Waals surface area contributed by atoms with Crippen molar-refractivity contribution in [2.45, 2.75) is 207 Å². The van der Waals surface area contributed by atoms with Gasteiger partial charge in [-0.15, -0.1) is 43.1 Å². The van der Waals surface area contributed by atoms with E-state index in [1.165, 1.54) is 35.4 Å². The number of carbonyl (C=O) groups excluding carboxylic acids is 9. The average molecular weight is 1580 g/mol. The van der Waals surface area contributed by atoms with Gasteiger partial charge in [-0.25, -0.2) is 0 Å². The zero-order valence-corrected chi connectivity index (χ0v) is 66.2. The number of Topliss-reactive ketones (excluding diaryl/α,β-unsaturated/α-hetero) is 1. The second kappa shape index (κ2) is 35.9. The van der Waals surface area contributed by atoms with Crippen LogP contribution in [-0.4, -0.2) is 140 Å². The van der Waals surface area contributed by atoms with Crippen LogP contribution < -0.4 is 20.1 Å². The highest BCUT2D eigenvalue weighted by atomic mass is 35.5. The lowest BCUT2D eigenvalue weighted by atomic mass is 9.99. The fourth-order valence-electron chi connectivity index (χ4n) is 14.7. The fourth-order valence-corrected chi connectivity index (χ4v) is 17.4. The SMILES string of the molecule is CCCCCCCCCOc1cccc2c1C(=O)N(C1CCC(=O)NC1=O)C2=O.Cc1sc2c(c1C)C(c1ccc(Cl)cc1)=N[C@@H](CC(=O)CCCCCCCCCOc1cccc3c1C(=O)N(C1CCC(=O)NC1=O)C3=O)c1nnc(C)n1-2.Cc1sc2c(c1C)C(c1ccc(Cl)cc1)=N[C@@H](CC(=O)O)c1nnc(C)n1-2. The van der Waals surface area contributed by atoms with Gasteiger partial charge in [0.2, 0.25) is 23.6 Å². The molecule has 2 fully saturated rings. The van der Waals surface area contributed by atoms with Crippen molar-refractivity contribution in [1.82, 2.24) is 50.0 Å². The Kier molecular flexibility index (Phi) is 25.9. The van der Waals surface area contributed by atoms with Crippen molar-refractivity contribution in [3.63, 3.8) is 0 Å². The van der Waals surface area contributed by atoms with Crippen LogP contribution in [0.4, 0.5) is 0 Å². The van der Waals surface area contributed by atoms with Crippen molar-refractivity contribution < 1.29 is 62.5 Å². The van der Waals surface area contributed by atoms with E-state index in [4.69, 9.17) is 42.7 Å². The number of aliphatic imine (C=N–C) groups is 2. The molecule has 0 saturated carbocycles. The van der Waals surface area contributed by atoms with E-state index in [2.05, 4.69) is 70.2 Å². The third-order valence-electron chi connectivity index (χ3n) is 20.7. The summed E-state index contributed by atoms with van der Waals surface area (Å²) < 4.78 is 15.8. The number of aryl methyl sites for hydroxylation is 4. The van der Waals surface area contributed by atoms with Gasteiger partial charge in [0.05, 0.1) is 53.3 Å². The molecule has 8 amide bonds. The van der Waals surface area contributed by atoms with Crippen LogP contribution in [0.3, 0.4) is 0 Å². The van der Waals surface area contributed by atoms with Crippen molar-refractivity contribution in [2.75, 3.05) is 13.2 Å². The number of hydrogen-bond donors (Lipinski definition) is 3. The van der Waals surface area contributed by atoms with Gasteiger partial charge < -0.3 is 14.6 Å². The molecule has 2 saturated heterocycles. The summed E-state index contributed by atoms with van der Waals surface area (Å²) in [4.78, 5) is 139. The number of aliphatic carboxylic acids is 1. The molecule has 3 N–H and O–H groups in total. The number of ketones is 1. The molecular weight excluding hydrogens is 1500 g/mol. The molecule has 0 bridgehead atoms. The highest BCUT2D eigenvalue weighted by Gasteiger charge is 2.48. The van der Waals surface area contributed by atoms with Gasteiger partial charge in [0.15, 0.2) is 11.6 Å². The Bertz CT molecular complexity index is 5020. The number of piperidine rings is 2. The van der Waals surface area contributed by atoms with Crippen molar-refractivity contribution in [3.05, 3.63) is 184 Å². The van der Waals surface area contributed by atoms with Crippen LogP contribution in [0, 0.1) is 41.5 Å². The van der Waals surface area contributed by atoms with E-state index < -0.39 is 71.5 Å². The number of hydrogen-bond acceptors (Lipinski definition) is 20. The molecule has 0 spiro atoms. The number of imide groups is 4. The van der Waals surface area contributed by atoms with Gasteiger partial charge in [0.1, 0.15) is 63.1 Å². The number of thiophene rings is 2. The Morgan fingerprint density at radius 3 is 1.30 bits per heavy atom. The first kappa shape index (κ1) is 80.3. The van der Waals surface area contributed by atoms with E-state index in [0.717, 1.165) is 140 Å². The monoisotopic (exact) mass is 1580 g/mol. The van der Waals surface area contributed by atoms with Gasteiger partial charge in [-0.1, -0.05) is 137 Å². The third-order valence-corrected chi connectivity index (χ3v) is 23.6. The molecule has 0 aliphatic carbocycles. The summed E-state index contributed by atoms with van der Waals surface area (Å²) in [5.41, 5.74) is 8.60. The number of amides is 8. The fraction of sp³-hybridized carbons (Fsp3) is 0.415. The molecule has 25 nitrogen and oxygen atoms in total. The van der Waals surface area contributed by atoms with Crippen LogP contribution in [0.2, 0.25) is 10.0 Å². The summed E-state index contributed by atoms with van der Waals surface area (Å²) in [5, 5.41) is 34.5. The number of carbonyl (C=O) groups is 10. The van der Waals surface area contributed by atoms with Gasteiger partial charge in [-0.3, -0.25) is 87.5 Å². The first-order valence-corrected chi connectivity index (χ1v) is 40.2. The van der Waals surface area contributed by atoms with Crippen LogP contribution >= 0.6 is 45.9 Å². The topological polar surface area (TPSA) is 326 Å². The first-order valence-electron chi connectivity index (χ1n) is 37.8. The number of carboxylic acids is 1. The number of nitrogens with zero attached hydrogens (tertiary/aromatic N) is 10. The molecule has 2 unspecified atom stereocenters. The number of nitrogens with one attached hydrogen (secondary N) is 2. The molecule has 6 aliphatic heterocycles. The minimum absolute atomic E-state index is 0.0659. The summed E-state index contributed by atoms with van der Waals surface area (Å²) in [7, 11) is 0. The molecule has 6 aliphatic rings. The van der Waals surface area contributed by atoms with Crippen molar-refractivity contribution in [2.24, 2.45) is 9.98 Å². The van der Waals surface area contributed by atoms with E-state index in [0.29, 0.717) is 52.8 Å². The van der Waals surface area contributed by atoms with Crippen LogP contribution in [0.1, 0.15) is 262 Å². The maximum absolute atomic E-state index is 13.4. The number of rotatable bonds is 28. The third kappa shape index (κ3) is 17.6. The number of aromatic nitrogens is 6. The largest absolute Gasteiger partial charge is 0.493 e. The molecule has 10 heterocycles. The Morgan fingerprint density at radius 2 is 0.892 bits per heavy atom. The minimum atomic E-state index is -1.02. The molecule has 111 heavy (non-hydrogen) atoms. The molecule has 4 atom stereocenters. The summed E-state index contributed by atoms with van der Waals surface area (Å²) in [5.74, 6) is -1.57. The van der Waals surface area contributed by atoms with E-state index in [1.807, 2.05) is 66.9 Å². The second-order valence-corrected chi connectivity index (χ2v) is 31.7. The maximum atomic E-state index is 13.4. The predicted molar refractivity (Wildman–Crippen MR) is 421 cm³/mol. The van der Waals surface area contributed by atoms with Gasteiger partial charge in [0.25, 0.3) is 23.6 Å². The second-order valence-electron chi connectivity index (χ2n) is 28.4.